The van der Waals surface area contributed by atoms with Crippen LogP contribution in [0.3, 0.4) is 0 Å². The van der Waals surface area contributed by atoms with Gasteiger partial charge >= 0.3 is 11.9 Å². The van der Waals surface area contributed by atoms with Crippen LogP contribution in [0.1, 0.15) is 57.9 Å². The van der Waals surface area contributed by atoms with E-state index in [2.05, 4.69) is 31.6 Å². The van der Waals surface area contributed by atoms with Gasteiger partial charge in [0.1, 0.15) is 42.5 Å². The number of ketones is 1. The van der Waals surface area contributed by atoms with Gasteiger partial charge in [0.15, 0.2) is 23.2 Å². The molecule has 1 unspecified atom stereocenters. The summed E-state index contributed by atoms with van der Waals surface area (Å²) in [6.07, 6.45) is -1.86. The number of para-hydroxylation sites is 2. The van der Waals surface area contributed by atoms with Gasteiger partial charge in [-0.25, -0.2) is 13.8 Å². The van der Waals surface area contributed by atoms with Gasteiger partial charge in [0.25, 0.3) is 5.91 Å². The third-order valence-electron chi connectivity index (χ3n) is 8.44. The number of benzene rings is 2. The van der Waals surface area contributed by atoms with Gasteiger partial charge < -0.3 is 41.5 Å². The summed E-state index contributed by atoms with van der Waals surface area (Å²) in [4.78, 5) is 107. The molecule has 1 heterocycles. The van der Waals surface area contributed by atoms with Crippen LogP contribution < -0.4 is 31.3 Å². The number of carboxylic acid groups (broad SMARTS) is 2. The van der Waals surface area contributed by atoms with E-state index in [1.807, 2.05) is 0 Å². The first-order valence-corrected chi connectivity index (χ1v) is 17.7. The Morgan fingerprint density at radius 2 is 1.18 bits per heavy atom. The highest BCUT2D eigenvalue weighted by molar-refractivity contribution is 6.00. The third-order valence-corrected chi connectivity index (χ3v) is 8.44. The van der Waals surface area contributed by atoms with E-state index in [1.165, 1.54) is 26.8 Å². The maximum atomic E-state index is 13.9. The summed E-state index contributed by atoms with van der Waals surface area (Å²) in [5.41, 5.74) is 0.544. The lowest BCUT2D eigenvalue weighted by molar-refractivity contribution is -0.142. The molecule has 2 aromatic carbocycles. The molecule has 0 saturated carbocycles. The molecule has 0 aliphatic heterocycles. The van der Waals surface area contributed by atoms with Crippen molar-refractivity contribution in [1.82, 2.24) is 31.6 Å². The summed E-state index contributed by atoms with van der Waals surface area (Å²) in [6, 6.07) is 5.41. The van der Waals surface area contributed by atoms with E-state index in [0.717, 1.165) is 23.6 Å². The molecule has 0 fully saturated rings. The van der Waals surface area contributed by atoms with Crippen molar-refractivity contribution < 1.29 is 62.1 Å². The normalized spacial score (nSPS) is 13.7. The lowest BCUT2D eigenvalue weighted by atomic mass is 10.0. The van der Waals surface area contributed by atoms with Gasteiger partial charge in [0.2, 0.25) is 23.6 Å². The number of carbonyl (C=O) groups is 8. The average molecular weight is 799 g/mol. The fourth-order valence-electron chi connectivity index (χ4n) is 5.33. The molecule has 0 bridgehead atoms. The second-order valence-electron chi connectivity index (χ2n) is 13.7. The monoisotopic (exact) mass is 798 g/mol. The van der Waals surface area contributed by atoms with Crippen molar-refractivity contribution in [3.63, 3.8) is 0 Å². The SMILES string of the molecule is CC(C)[C@H](NC(=O)c1ccc2ccccc2n1)C(=O)N[C@@H](CC(=O)O)C(=O)N[C@H](C(=O)N[C@@H](C)C(=O)NC(CC(=O)O)C(=O)COc1c(F)cccc1F)C(C)C. The number of carbonyl (C=O) groups excluding carboxylic acids is 6. The molecule has 5 atom stereocenters. The first-order valence-electron chi connectivity index (χ1n) is 17.7. The Hall–Kier alpha value is -6.53. The number of ether oxygens (including phenoxy) is 1. The highest BCUT2D eigenvalue weighted by Gasteiger charge is 2.35. The van der Waals surface area contributed by atoms with Crippen LogP contribution in [-0.2, 0) is 33.6 Å². The van der Waals surface area contributed by atoms with Crippen LogP contribution in [0.2, 0.25) is 0 Å². The lowest BCUT2D eigenvalue weighted by Gasteiger charge is -2.28. The Balaban J connectivity index is 1.68. The Morgan fingerprint density at radius 1 is 0.632 bits per heavy atom. The van der Waals surface area contributed by atoms with Crippen molar-refractivity contribution in [3.8, 4) is 5.75 Å². The average Bonchev–Trinajstić information content (AvgIpc) is 3.13. The van der Waals surface area contributed by atoms with Crippen LogP contribution >= 0.6 is 0 Å². The maximum Gasteiger partial charge on any atom is 0.305 e. The number of amides is 5. The van der Waals surface area contributed by atoms with Crippen molar-refractivity contribution in [1.29, 1.82) is 0 Å². The van der Waals surface area contributed by atoms with Crippen LogP contribution in [0.5, 0.6) is 5.75 Å². The molecule has 5 amide bonds. The molecule has 17 nitrogen and oxygen atoms in total. The molecule has 3 rings (SSSR count). The quantitative estimate of drug-likeness (QED) is 0.0858. The minimum Gasteiger partial charge on any atom is -0.481 e. The first-order chi connectivity index (χ1) is 26.8. The van der Waals surface area contributed by atoms with E-state index in [-0.39, 0.29) is 5.69 Å². The van der Waals surface area contributed by atoms with Crippen LogP contribution in [0.25, 0.3) is 10.9 Å². The summed E-state index contributed by atoms with van der Waals surface area (Å²) in [7, 11) is 0. The summed E-state index contributed by atoms with van der Waals surface area (Å²) in [5, 5.41) is 31.4. The number of nitrogens with one attached hydrogen (secondary N) is 5. The van der Waals surface area contributed by atoms with Crippen LogP contribution in [0.15, 0.2) is 54.6 Å². The van der Waals surface area contributed by atoms with E-state index >= 15 is 0 Å². The van der Waals surface area contributed by atoms with Crippen molar-refractivity contribution in [2.45, 2.75) is 77.7 Å². The predicted molar refractivity (Wildman–Crippen MR) is 197 cm³/mol. The largest absolute Gasteiger partial charge is 0.481 e. The second kappa shape index (κ2) is 20.4. The fourth-order valence-corrected chi connectivity index (χ4v) is 5.33. The van der Waals surface area contributed by atoms with Gasteiger partial charge in [-0.05, 0) is 43.0 Å². The zero-order valence-electron chi connectivity index (χ0n) is 31.6. The Bertz CT molecular complexity index is 1990. The predicted octanol–water partition coefficient (Wildman–Crippen LogP) is 1.48. The molecule has 0 spiro atoms. The number of halogens is 2. The molecule has 1 aromatic heterocycles. The molecule has 0 aliphatic rings. The molecule has 0 saturated heterocycles. The summed E-state index contributed by atoms with van der Waals surface area (Å²) < 4.78 is 32.8. The topological polar surface area (TPSA) is 259 Å². The first kappa shape index (κ1) is 44.9. The highest BCUT2D eigenvalue weighted by atomic mass is 19.1. The van der Waals surface area contributed by atoms with E-state index in [9.17, 15) is 57.4 Å². The number of rotatable bonds is 20. The van der Waals surface area contributed by atoms with Gasteiger partial charge in [-0.1, -0.05) is 58.0 Å². The smallest absolute Gasteiger partial charge is 0.305 e. The number of aliphatic carboxylic acids is 2. The van der Waals surface area contributed by atoms with Crippen LogP contribution in [0, 0.1) is 23.5 Å². The van der Waals surface area contributed by atoms with E-state index in [0.29, 0.717) is 5.52 Å². The minimum absolute atomic E-state index is 0.00938. The fraction of sp³-hybridized carbons (Fsp3) is 0.395. The molecule has 3 aromatic rings. The minimum atomic E-state index is -1.74. The maximum absolute atomic E-state index is 13.9. The number of nitrogens with zero attached hydrogens (tertiary/aromatic N) is 1. The number of fused-ring (bicyclic) bond motifs is 1. The zero-order valence-corrected chi connectivity index (χ0v) is 31.6. The number of pyridine rings is 1. The zero-order chi connectivity index (χ0) is 42.6. The molecule has 0 aliphatic carbocycles. The number of hydrogen-bond acceptors (Lipinski definition) is 10. The molecule has 0 radical (unpaired) electrons. The van der Waals surface area contributed by atoms with Gasteiger partial charge in [0, 0.05) is 5.39 Å². The standard InChI is InChI=1S/C38H44F2N6O11/c1-18(2)31(37(55)41-20(5)34(52)43-26(15-29(48)49)28(47)17-57-33-22(39)10-8-11-23(33)40)46-36(54)27(16-30(50)51)44-38(56)32(19(3)4)45-35(53)25-14-13-21-9-6-7-12-24(21)42-25/h6-14,18-20,26-27,31-32H,15-17H2,1-5H3,(H,41,55)(H,43,52)(H,44,56)(H,45,53)(H,46,54)(H,48,49)(H,50,51)/t20-,26?,27-,31-,32-/m0/s1. The number of hydrogen-bond donors (Lipinski definition) is 7. The molecule has 57 heavy (non-hydrogen) atoms. The Morgan fingerprint density at radius 3 is 1.77 bits per heavy atom. The summed E-state index contributed by atoms with van der Waals surface area (Å²) in [6.45, 7) is 6.43. The molecule has 306 valence electrons. The van der Waals surface area contributed by atoms with Crippen molar-refractivity contribution in [2.75, 3.05) is 6.61 Å². The number of aromatic nitrogens is 1. The van der Waals surface area contributed by atoms with Crippen molar-refractivity contribution in [2.24, 2.45) is 11.8 Å². The Labute approximate surface area is 325 Å². The summed E-state index contributed by atoms with van der Waals surface area (Å²) >= 11 is 0. The van der Waals surface area contributed by atoms with Gasteiger partial charge in [-0.15, -0.1) is 0 Å². The number of carboxylic acids is 2. The van der Waals surface area contributed by atoms with Gasteiger partial charge in [0.05, 0.1) is 18.4 Å². The van der Waals surface area contributed by atoms with E-state index in [4.69, 9.17) is 4.74 Å². The van der Waals surface area contributed by atoms with E-state index in [1.54, 1.807) is 44.2 Å². The van der Waals surface area contributed by atoms with Crippen molar-refractivity contribution in [3.05, 3.63) is 71.9 Å². The van der Waals surface area contributed by atoms with E-state index < -0.39 is 126 Å². The van der Waals surface area contributed by atoms with Crippen LogP contribution in [0.4, 0.5) is 8.78 Å². The van der Waals surface area contributed by atoms with Gasteiger partial charge in [-0.2, -0.15) is 0 Å². The van der Waals surface area contributed by atoms with Crippen LogP contribution in [-0.4, -0.2) is 99.3 Å². The third kappa shape index (κ3) is 13.0. The summed E-state index contributed by atoms with van der Waals surface area (Å²) in [5.74, 6) is -13.1. The lowest BCUT2D eigenvalue weighted by Crippen LogP contribution is -2.60. The molecule has 19 heteroatoms. The van der Waals surface area contributed by atoms with Crippen molar-refractivity contribution >= 4 is 58.2 Å². The molecule has 7 N–H and O–H groups in total. The Kier molecular flexibility index (Phi) is 16.1. The molecular formula is C38H44F2N6O11. The second-order valence-corrected chi connectivity index (χ2v) is 13.7. The molecular weight excluding hydrogens is 754 g/mol. The van der Waals surface area contributed by atoms with Gasteiger partial charge in [-0.3, -0.25) is 38.4 Å². The highest BCUT2D eigenvalue weighted by Crippen LogP contribution is 2.21. The number of Topliss-reactive ketones (excluding diaryl/α,β-unsaturated/α-hetero) is 1.